The van der Waals surface area contributed by atoms with E-state index in [1.54, 1.807) is 0 Å². The Morgan fingerprint density at radius 2 is 1.56 bits per heavy atom. The number of rotatable bonds is 5. The van der Waals surface area contributed by atoms with Crippen molar-refractivity contribution in [2.45, 2.75) is 64.4 Å². The highest BCUT2D eigenvalue weighted by Gasteiger charge is 2.48. The first-order valence-corrected chi connectivity index (χ1v) is 9.90. The van der Waals surface area contributed by atoms with Crippen LogP contribution in [-0.4, -0.2) is 42.3 Å². The Hall–Kier alpha value is -3.06. The molecule has 14 heteroatoms. The highest BCUT2D eigenvalue weighted by atomic mass is 19.4. The standard InChI is InChI=1S/C20H21F7N2O5/c1-5-33-10(30)7-8-6-9(28-18(32)34-19(2,3)4)17(31)29(8)16-14(23)12(21)11(20(25,26)27)13(22)15(16)24/h8-9H,5-7H2,1-4H3,(H,28,32)/t8-,9+/m1/s1. The van der Waals surface area contributed by atoms with Crippen LogP contribution in [0.1, 0.15) is 46.1 Å². The summed E-state index contributed by atoms with van der Waals surface area (Å²) in [6.45, 7) is 5.81. The van der Waals surface area contributed by atoms with Gasteiger partial charge in [0.2, 0.25) is 5.91 Å². The average molecular weight is 502 g/mol. The number of carbonyl (C=O) groups excluding carboxylic acids is 3. The predicted octanol–water partition coefficient (Wildman–Crippen LogP) is 4.21. The smallest absolute Gasteiger partial charge is 0.422 e. The van der Waals surface area contributed by atoms with Crippen LogP contribution >= 0.6 is 0 Å². The van der Waals surface area contributed by atoms with Crippen LogP contribution in [0.2, 0.25) is 0 Å². The lowest BCUT2D eigenvalue weighted by Gasteiger charge is -2.26. The van der Waals surface area contributed by atoms with Crippen LogP contribution < -0.4 is 10.2 Å². The molecule has 7 nitrogen and oxygen atoms in total. The number of benzene rings is 1. The number of hydrogen-bond acceptors (Lipinski definition) is 5. The van der Waals surface area contributed by atoms with E-state index in [1.165, 1.54) is 27.7 Å². The van der Waals surface area contributed by atoms with E-state index >= 15 is 0 Å². The van der Waals surface area contributed by atoms with Gasteiger partial charge in [0.15, 0.2) is 23.3 Å². The van der Waals surface area contributed by atoms with Crippen molar-refractivity contribution in [2.24, 2.45) is 0 Å². The molecule has 1 saturated heterocycles. The van der Waals surface area contributed by atoms with Crippen LogP contribution in [0.5, 0.6) is 0 Å². The summed E-state index contributed by atoms with van der Waals surface area (Å²) >= 11 is 0. The highest BCUT2D eigenvalue weighted by Crippen LogP contribution is 2.41. The van der Waals surface area contributed by atoms with Crippen LogP contribution in [0.4, 0.5) is 41.2 Å². The van der Waals surface area contributed by atoms with Crippen molar-refractivity contribution >= 4 is 23.7 Å². The Morgan fingerprint density at radius 1 is 1.03 bits per heavy atom. The van der Waals surface area contributed by atoms with Gasteiger partial charge in [0.05, 0.1) is 19.1 Å². The minimum absolute atomic E-state index is 0.107. The maximum atomic E-state index is 14.6. The monoisotopic (exact) mass is 502 g/mol. The van der Waals surface area contributed by atoms with Gasteiger partial charge in [-0.1, -0.05) is 0 Å². The van der Waals surface area contributed by atoms with Gasteiger partial charge in [0.1, 0.15) is 22.9 Å². The molecular formula is C20H21F7N2O5. The third-order valence-corrected chi connectivity index (χ3v) is 4.57. The number of nitrogens with zero attached hydrogens (tertiary/aromatic N) is 1. The molecule has 1 aliphatic rings. The Labute approximate surface area is 189 Å². The second-order valence-corrected chi connectivity index (χ2v) is 8.28. The molecular weight excluding hydrogens is 481 g/mol. The first-order chi connectivity index (χ1) is 15.5. The van der Waals surface area contributed by atoms with Crippen molar-refractivity contribution in [3.05, 3.63) is 28.8 Å². The van der Waals surface area contributed by atoms with Gasteiger partial charge in [-0.2, -0.15) is 13.2 Å². The lowest BCUT2D eigenvalue weighted by molar-refractivity contribution is -0.144. The molecule has 1 aliphatic heterocycles. The van der Waals surface area contributed by atoms with Gasteiger partial charge in [-0.15, -0.1) is 0 Å². The summed E-state index contributed by atoms with van der Waals surface area (Å²) in [6.07, 6.45) is -8.16. The third-order valence-electron chi connectivity index (χ3n) is 4.57. The number of nitrogens with one attached hydrogen (secondary N) is 1. The van der Waals surface area contributed by atoms with Crippen molar-refractivity contribution in [3.8, 4) is 0 Å². The molecule has 2 rings (SSSR count). The zero-order valence-corrected chi connectivity index (χ0v) is 18.4. The summed E-state index contributed by atoms with van der Waals surface area (Å²) in [5.74, 6) is -12.8. The SMILES string of the molecule is CCOC(=O)C[C@H]1C[C@H](NC(=O)OC(C)(C)C)C(=O)N1c1c(F)c(F)c(C(F)(F)F)c(F)c1F. The van der Waals surface area contributed by atoms with E-state index in [9.17, 15) is 45.1 Å². The molecule has 1 fully saturated rings. The molecule has 1 aromatic rings. The van der Waals surface area contributed by atoms with E-state index in [-0.39, 0.29) is 11.5 Å². The number of amides is 2. The summed E-state index contributed by atoms with van der Waals surface area (Å²) in [4.78, 5) is 37.0. The summed E-state index contributed by atoms with van der Waals surface area (Å²) in [5, 5.41) is 2.11. The molecule has 0 spiro atoms. The van der Waals surface area contributed by atoms with E-state index in [0.717, 1.165) is 0 Å². The summed E-state index contributed by atoms with van der Waals surface area (Å²) in [7, 11) is 0. The fourth-order valence-corrected chi connectivity index (χ4v) is 3.36. The Bertz CT molecular complexity index is 962. The van der Waals surface area contributed by atoms with Crippen molar-refractivity contribution in [3.63, 3.8) is 0 Å². The molecule has 0 unspecified atom stereocenters. The fraction of sp³-hybridized carbons (Fsp3) is 0.550. The van der Waals surface area contributed by atoms with Crippen molar-refractivity contribution in [1.82, 2.24) is 5.32 Å². The lowest BCUT2D eigenvalue weighted by atomic mass is 10.1. The van der Waals surface area contributed by atoms with Crippen LogP contribution in [0.25, 0.3) is 0 Å². The molecule has 2 amide bonds. The zero-order chi connectivity index (χ0) is 26.2. The van der Waals surface area contributed by atoms with Gasteiger partial charge >= 0.3 is 18.2 Å². The molecule has 0 saturated carbocycles. The van der Waals surface area contributed by atoms with Crippen molar-refractivity contribution < 1.29 is 54.6 Å². The molecule has 0 radical (unpaired) electrons. The van der Waals surface area contributed by atoms with Gasteiger partial charge in [0.25, 0.3) is 0 Å². The highest BCUT2D eigenvalue weighted by molar-refractivity contribution is 6.02. The molecule has 0 aliphatic carbocycles. The topological polar surface area (TPSA) is 84.9 Å². The third kappa shape index (κ3) is 5.70. The quantitative estimate of drug-likeness (QED) is 0.371. The van der Waals surface area contributed by atoms with Crippen LogP contribution in [-0.2, 0) is 25.2 Å². The van der Waals surface area contributed by atoms with Crippen LogP contribution in [0, 0.1) is 23.3 Å². The van der Waals surface area contributed by atoms with E-state index in [4.69, 9.17) is 9.47 Å². The Morgan fingerprint density at radius 3 is 2.00 bits per heavy atom. The van der Waals surface area contributed by atoms with Gasteiger partial charge in [0, 0.05) is 0 Å². The predicted molar refractivity (Wildman–Crippen MR) is 102 cm³/mol. The van der Waals surface area contributed by atoms with Crippen LogP contribution in [0.15, 0.2) is 0 Å². The second kappa shape index (κ2) is 9.66. The number of alkyl carbamates (subject to hydrolysis) is 1. The molecule has 2 atom stereocenters. The molecule has 0 aromatic heterocycles. The minimum Gasteiger partial charge on any atom is -0.466 e. The van der Waals surface area contributed by atoms with Gasteiger partial charge in [-0.3, -0.25) is 9.59 Å². The molecule has 190 valence electrons. The van der Waals surface area contributed by atoms with Crippen LogP contribution in [0.3, 0.4) is 0 Å². The van der Waals surface area contributed by atoms with E-state index in [0.29, 0.717) is 0 Å². The number of alkyl halides is 3. The number of halogens is 7. The number of esters is 1. The molecule has 0 bridgehead atoms. The first kappa shape index (κ1) is 27.2. The van der Waals surface area contributed by atoms with E-state index in [1.807, 2.05) is 0 Å². The summed E-state index contributed by atoms with van der Waals surface area (Å²) < 4.78 is 106. The molecule has 1 heterocycles. The zero-order valence-electron chi connectivity index (χ0n) is 18.4. The largest absolute Gasteiger partial charge is 0.466 e. The summed E-state index contributed by atoms with van der Waals surface area (Å²) in [5.41, 5.74) is -5.59. The molecule has 34 heavy (non-hydrogen) atoms. The van der Waals surface area contributed by atoms with Gasteiger partial charge < -0.3 is 19.7 Å². The van der Waals surface area contributed by atoms with E-state index in [2.05, 4.69) is 5.32 Å². The molecule has 1 aromatic carbocycles. The Kier molecular flexibility index (Phi) is 7.73. The molecule has 1 N–H and O–H groups in total. The average Bonchev–Trinajstić information content (AvgIpc) is 2.93. The normalized spacial score (nSPS) is 18.8. The lowest BCUT2D eigenvalue weighted by Crippen LogP contribution is -2.44. The minimum atomic E-state index is -5.78. The fourth-order valence-electron chi connectivity index (χ4n) is 3.36. The van der Waals surface area contributed by atoms with Crippen molar-refractivity contribution in [2.75, 3.05) is 11.5 Å². The van der Waals surface area contributed by atoms with Crippen molar-refractivity contribution in [1.29, 1.82) is 0 Å². The summed E-state index contributed by atoms with van der Waals surface area (Å²) in [6, 6.07) is -3.10. The maximum absolute atomic E-state index is 14.6. The second-order valence-electron chi connectivity index (χ2n) is 8.28. The van der Waals surface area contributed by atoms with Gasteiger partial charge in [-0.05, 0) is 34.1 Å². The Balaban J connectivity index is 2.56. The number of hydrogen-bond donors (Lipinski definition) is 1. The first-order valence-electron chi connectivity index (χ1n) is 9.90. The van der Waals surface area contributed by atoms with E-state index < -0.39 is 89.2 Å². The number of ether oxygens (including phenoxy) is 2. The number of anilines is 1. The maximum Gasteiger partial charge on any atom is 0.422 e. The number of carbonyl (C=O) groups is 3. The van der Waals surface area contributed by atoms with Gasteiger partial charge in [-0.25, -0.2) is 22.4 Å².